The fourth-order valence-corrected chi connectivity index (χ4v) is 7.96. The molecule has 0 N–H and O–H groups in total. The Morgan fingerprint density at radius 2 is 1.14 bits per heavy atom. The Labute approximate surface area is 289 Å². The van der Waals surface area contributed by atoms with E-state index in [0.29, 0.717) is 17.5 Å². The zero-order chi connectivity index (χ0) is 33.4. The molecule has 3 heterocycles. The lowest BCUT2D eigenvalue weighted by molar-refractivity contribution is 0.663. The van der Waals surface area contributed by atoms with Gasteiger partial charge >= 0.3 is 0 Å². The molecule has 10 rings (SSSR count). The van der Waals surface area contributed by atoms with Crippen LogP contribution < -0.4 is 0 Å². The first-order valence-corrected chi connectivity index (χ1v) is 17.0. The van der Waals surface area contributed by atoms with Crippen molar-refractivity contribution in [3.05, 3.63) is 163 Å². The summed E-state index contributed by atoms with van der Waals surface area (Å²) in [5.74, 6) is 2.70. The van der Waals surface area contributed by atoms with Gasteiger partial charge in [0.15, 0.2) is 17.5 Å². The second kappa shape index (κ2) is 10.8. The maximum Gasteiger partial charge on any atom is 0.165 e. The van der Waals surface area contributed by atoms with E-state index >= 15 is 0 Å². The third kappa shape index (κ3) is 4.20. The maximum atomic E-state index is 5.17. The molecule has 5 heteroatoms. The predicted molar refractivity (Wildman–Crippen MR) is 203 cm³/mol. The van der Waals surface area contributed by atoms with Crippen molar-refractivity contribution < 1.29 is 0 Å². The quantitative estimate of drug-likeness (QED) is 0.192. The van der Waals surface area contributed by atoms with E-state index in [9.17, 15) is 0 Å². The van der Waals surface area contributed by atoms with Crippen LogP contribution in [0.4, 0.5) is 0 Å². The molecule has 236 valence electrons. The molecule has 0 atom stereocenters. The zero-order valence-corrected chi connectivity index (χ0v) is 27.7. The highest BCUT2D eigenvalue weighted by molar-refractivity contribution is 6.22. The number of nitrogens with zero attached hydrogens (tertiary/aromatic N) is 5. The summed E-state index contributed by atoms with van der Waals surface area (Å²) in [7, 11) is 0. The molecule has 0 aliphatic heterocycles. The van der Waals surface area contributed by atoms with Crippen LogP contribution in [0.1, 0.15) is 25.0 Å². The van der Waals surface area contributed by atoms with E-state index in [1.54, 1.807) is 0 Å². The number of hydrogen-bond acceptors (Lipinski definition) is 4. The molecule has 0 amide bonds. The van der Waals surface area contributed by atoms with Crippen LogP contribution in [0, 0.1) is 0 Å². The first-order chi connectivity index (χ1) is 24.6. The van der Waals surface area contributed by atoms with Crippen LogP contribution >= 0.6 is 0 Å². The fourth-order valence-electron chi connectivity index (χ4n) is 7.96. The van der Waals surface area contributed by atoms with Gasteiger partial charge in [0.25, 0.3) is 0 Å². The first-order valence-electron chi connectivity index (χ1n) is 17.0. The van der Waals surface area contributed by atoms with Crippen molar-refractivity contribution in [1.82, 2.24) is 24.5 Å². The molecule has 0 unspecified atom stereocenters. The molecule has 1 aliphatic rings. The molecule has 0 bridgehead atoms. The minimum Gasteiger partial charge on any atom is -0.293 e. The summed E-state index contributed by atoms with van der Waals surface area (Å²) in [6.07, 6.45) is 1.90. The van der Waals surface area contributed by atoms with Crippen molar-refractivity contribution in [2.45, 2.75) is 19.3 Å². The van der Waals surface area contributed by atoms with Crippen molar-refractivity contribution in [1.29, 1.82) is 0 Å². The topological polar surface area (TPSA) is 56.5 Å². The van der Waals surface area contributed by atoms with Crippen molar-refractivity contribution in [3.63, 3.8) is 0 Å². The van der Waals surface area contributed by atoms with Gasteiger partial charge < -0.3 is 0 Å². The number of pyridine rings is 1. The van der Waals surface area contributed by atoms with Gasteiger partial charge in [-0.25, -0.2) is 19.9 Å². The first kappa shape index (κ1) is 28.5. The van der Waals surface area contributed by atoms with Crippen LogP contribution in [0.25, 0.3) is 83.7 Å². The summed E-state index contributed by atoms with van der Waals surface area (Å²) < 4.78 is 2.37. The van der Waals surface area contributed by atoms with E-state index in [4.69, 9.17) is 19.9 Å². The van der Waals surface area contributed by atoms with Crippen LogP contribution in [0.2, 0.25) is 0 Å². The number of rotatable bonds is 4. The summed E-state index contributed by atoms with van der Waals surface area (Å²) in [6, 6.07) is 50.9. The van der Waals surface area contributed by atoms with Crippen molar-refractivity contribution in [2.24, 2.45) is 0 Å². The lowest BCUT2D eigenvalue weighted by Crippen LogP contribution is -2.16. The minimum atomic E-state index is -0.195. The Morgan fingerprint density at radius 1 is 0.500 bits per heavy atom. The third-order valence-corrected chi connectivity index (χ3v) is 10.3. The van der Waals surface area contributed by atoms with Crippen molar-refractivity contribution in [2.75, 3.05) is 0 Å². The van der Waals surface area contributed by atoms with Crippen molar-refractivity contribution in [3.8, 4) is 51.1 Å². The van der Waals surface area contributed by atoms with Gasteiger partial charge in [0.05, 0.1) is 11.0 Å². The van der Waals surface area contributed by atoms with E-state index in [2.05, 4.69) is 103 Å². The van der Waals surface area contributed by atoms with Gasteiger partial charge in [-0.2, -0.15) is 0 Å². The van der Waals surface area contributed by atoms with Crippen LogP contribution in [-0.4, -0.2) is 24.5 Å². The van der Waals surface area contributed by atoms with E-state index in [-0.39, 0.29) is 5.41 Å². The predicted octanol–water partition coefficient (Wildman–Crippen LogP) is 10.8. The highest BCUT2D eigenvalue weighted by Crippen LogP contribution is 2.53. The molecule has 9 aromatic rings. The average molecular weight is 642 g/mol. The highest BCUT2D eigenvalue weighted by Gasteiger charge is 2.38. The molecule has 3 aromatic heterocycles. The smallest absolute Gasteiger partial charge is 0.165 e. The molecule has 6 aromatic carbocycles. The zero-order valence-electron chi connectivity index (χ0n) is 27.7. The van der Waals surface area contributed by atoms with Crippen LogP contribution in [0.5, 0.6) is 0 Å². The number of fused-ring (bicyclic) bond motifs is 9. The summed E-state index contributed by atoms with van der Waals surface area (Å²) >= 11 is 0. The Hall–Kier alpha value is -6.46. The minimum absolute atomic E-state index is 0.195. The van der Waals surface area contributed by atoms with Gasteiger partial charge in [0, 0.05) is 39.1 Å². The summed E-state index contributed by atoms with van der Waals surface area (Å²) in [4.78, 5) is 19.9. The monoisotopic (exact) mass is 641 g/mol. The second-order valence-corrected chi connectivity index (χ2v) is 13.5. The molecule has 0 saturated carbocycles. The summed E-state index contributed by atoms with van der Waals surface area (Å²) in [6.45, 7) is 4.70. The van der Waals surface area contributed by atoms with Gasteiger partial charge in [0.1, 0.15) is 5.82 Å². The van der Waals surface area contributed by atoms with E-state index < -0.39 is 0 Å². The van der Waals surface area contributed by atoms with E-state index in [1.807, 2.05) is 66.9 Å². The van der Waals surface area contributed by atoms with E-state index in [0.717, 1.165) is 28.0 Å². The molecule has 0 radical (unpaired) electrons. The molecule has 0 fully saturated rings. The number of aromatic nitrogens is 5. The average Bonchev–Trinajstić information content (AvgIpc) is 3.64. The number of benzene rings is 6. The van der Waals surface area contributed by atoms with Gasteiger partial charge in [-0.1, -0.05) is 141 Å². The molecule has 0 spiro atoms. The Balaban J connectivity index is 1.20. The second-order valence-electron chi connectivity index (χ2n) is 13.5. The van der Waals surface area contributed by atoms with Gasteiger partial charge in [-0.05, 0) is 51.2 Å². The van der Waals surface area contributed by atoms with E-state index in [1.165, 1.54) is 49.3 Å². The molecular weight excluding hydrogens is 611 g/mol. The van der Waals surface area contributed by atoms with Crippen LogP contribution in [0.3, 0.4) is 0 Å². The van der Waals surface area contributed by atoms with Gasteiger partial charge in [-0.3, -0.25) is 4.57 Å². The Bertz CT molecular complexity index is 2710. The lowest BCUT2D eigenvalue weighted by Gasteiger charge is -2.23. The summed E-state index contributed by atoms with van der Waals surface area (Å²) in [5.41, 5.74) is 10.1. The van der Waals surface area contributed by atoms with Crippen LogP contribution in [-0.2, 0) is 5.41 Å². The van der Waals surface area contributed by atoms with Crippen LogP contribution in [0.15, 0.2) is 152 Å². The molecule has 0 saturated heterocycles. The molecule has 1 aliphatic carbocycles. The van der Waals surface area contributed by atoms with Gasteiger partial charge in [-0.15, -0.1) is 0 Å². The molecule has 50 heavy (non-hydrogen) atoms. The SMILES string of the molecule is CC1(C)c2ccccc2-c2ccc3c4c5ccccc5ccc4n(-c4ccc(-c5nc(-c6ccccc6)nc(-c6ccccc6)n5)cn4)c3c21. The lowest BCUT2D eigenvalue weighted by atomic mass is 9.81. The molecule has 5 nitrogen and oxygen atoms in total. The summed E-state index contributed by atoms with van der Waals surface area (Å²) in [5, 5.41) is 4.95. The highest BCUT2D eigenvalue weighted by atomic mass is 15.1. The van der Waals surface area contributed by atoms with Gasteiger partial charge in [0.2, 0.25) is 0 Å². The normalized spacial score (nSPS) is 13.2. The third-order valence-electron chi connectivity index (χ3n) is 10.3. The molecular formula is C45H31N5. The fraction of sp³-hybridized carbons (Fsp3) is 0.0667. The Morgan fingerprint density at radius 3 is 1.84 bits per heavy atom. The maximum absolute atomic E-state index is 5.17. The Kier molecular flexibility index (Phi) is 6.15. The standard InChI is InChI=1S/C45H31N5/c1-45(2)36-20-12-11-19-33(36)34-23-24-35-39-32-18-10-9-13-28(32)21-25-37(39)50(41(35)40(34)45)38-26-22-31(27-46-38)44-48-42(29-14-5-3-6-15-29)47-43(49-44)30-16-7-4-8-17-30/h3-27H,1-2H3. The number of hydrogen-bond donors (Lipinski definition) is 0. The van der Waals surface area contributed by atoms with Crippen molar-refractivity contribution >= 4 is 32.6 Å². The largest absolute Gasteiger partial charge is 0.293 e.